The van der Waals surface area contributed by atoms with Crippen LogP contribution in [0.25, 0.3) is 6.08 Å². The minimum atomic E-state index is 0. The molecule has 172 valence electrons. The number of halogens is 1. The second-order valence-corrected chi connectivity index (χ2v) is 9.50. The van der Waals surface area contributed by atoms with Gasteiger partial charge in [-0.25, -0.2) is 0 Å². The number of carbonyl (C=O) groups is 1. The van der Waals surface area contributed by atoms with Gasteiger partial charge in [-0.3, -0.25) is 4.79 Å². The smallest absolute Gasteiger partial charge is 0.247 e. The number of rotatable bonds is 6. The zero-order chi connectivity index (χ0) is 21.7. The maximum Gasteiger partial charge on any atom is 0.247 e. The molecule has 1 fully saturated rings. The Bertz CT molecular complexity index is 931. The summed E-state index contributed by atoms with van der Waals surface area (Å²) in [6.07, 6.45) is 7.23. The number of nitrogens with one attached hydrogen (secondary N) is 1. The van der Waals surface area contributed by atoms with Crippen LogP contribution in [-0.2, 0) is 29.0 Å². The molecule has 0 atom stereocenters. The third-order valence-corrected chi connectivity index (χ3v) is 6.81. The maximum absolute atomic E-state index is 12.8. The van der Waals surface area contributed by atoms with Gasteiger partial charge in [0.05, 0.1) is 33.4 Å². The van der Waals surface area contributed by atoms with Crippen molar-refractivity contribution in [2.24, 2.45) is 0 Å². The van der Waals surface area contributed by atoms with Crippen LogP contribution < -0.4 is 29.3 Å². The van der Waals surface area contributed by atoms with Gasteiger partial charge in [0.15, 0.2) is 0 Å². The first-order valence-electron chi connectivity index (χ1n) is 11.6. The Hall–Kier alpha value is -1.70. The summed E-state index contributed by atoms with van der Waals surface area (Å²) >= 11 is 0. The number of aryl methyl sites for hydroxylation is 1. The molecule has 0 bridgehead atoms. The quantitative estimate of drug-likeness (QED) is 0.441. The van der Waals surface area contributed by atoms with E-state index in [0.717, 1.165) is 67.5 Å². The van der Waals surface area contributed by atoms with Crippen molar-refractivity contribution in [1.29, 1.82) is 0 Å². The lowest BCUT2D eigenvalue weighted by Gasteiger charge is -2.40. The fourth-order valence-electron chi connectivity index (χ4n) is 4.85. The van der Waals surface area contributed by atoms with Gasteiger partial charge in [0.25, 0.3) is 0 Å². The van der Waals surface area contributed by atoms with Gasteiger partial charge in [-0.15, -0.1) is 0 Å². The Labute approximate surface area is 209 Å². The molecule has 5 heteroatoms. The minimum Gasteiger partial charge on any atom is -1.00 e. The first-order valence-corrected chi connectivity index (χ1v) is 11.6. The molecule has 2 aliphatic rings. The van der Waals surface area contributed by atoms with E-state index in [2.05, 4.69) is 68.0 Å². The van der Waals surface area contributed by atoms with Crippen molar-refractivity contribution in [1.82, 2.24) is 5.32 Å². The SMILES string of the molecule is C[N+](C)(Cc1ccc(CNC(=O)C2=Cc3ccccc3CCC2)cc1)C1CCOCC1.[I-]. The monoisotopic (exact) mass is 546 g/mol. The Morgan fingerprint density at radius 1 is 1.00 bits per heavy atom. The summed E-state index contributed by atoms with van der Waals surface area (Å²) in [7, 11) is 4.64. The number of ether oxygens (including phenoxy) is 1. The Kier molecular flexibility index (Phi) is 8.91. The molecule has 2 aromatic rings. The topological polar surface area (TPSA) is 38.3 Å². The van der Waals surface area contributed by atoms with Gasteiger partial charge in [0.1, 0.15) is 6.54 Å². The summed E-state index contributed by atoms with van der Waals surface area (Å²) in [5.41, 5.74) is 5.89. The predicted octanol–water partition coefficient (Wildman–Crippen LogP) is 1.48. The van der Waals surface area contributed by atoms with E-state index in [1.54, 1.807) is 0 Å². The van der Waals surface area contributed by atoms with Crippen LogP contribution in [0.2, 0.25) is 0 Å². The van der Waals surface area contributed by atoms with Crippen LogP contribution in [-0.4, -0.2) is 43.7 Å². The van der Waals surface area contributed by atoms with E-state index < -0.39 is 0 Å². The van der Waals surface area contributed by atoms with Crippen LogP contribution >= 0.6 is 0 Å². The molecule has 1 N–H and O–H groups in total. The van der Waals surface area contributed by atoms with E-state index in [9.17, 15) is 4.79 Å². The van der Waals surface area contributed by atoms with Crippen molar-refractivity contribution in [3.05, 3.63) is 76.4 Å². The Morgan fingerprint density at radius 3 is 2.44 bits per heavy atom. The van der Waals surface area contributed by atoms with Crippen LogP contribution in [0.1, 0.15) is 47.9 Å². The van der Waals surface area contributed by atoms with Crippen molar-refractivity contribution in [3.63, 3.8) is 0 Å². The molecular weight excluding hydrogens is 511 g/mol. The van der Waals surface area contributed by atoms with E-state index in [1.165, 1.54) is 16.7 Å². The second-order valence-electron chi connectivity index (χ2n) is 9.50. The fraction of sp³-hybridized carbons (Fsp3) is 0.444. The van der Waals surface area contributed by atoms with Crippen molar-refractivity contribution < 1.29 is 38.0 Å². The molecule has 0 saturated carbocycles. The van der Waals surface area contributed by atoms with E-state index in [1.807, 2.05) is 6.07 Å². The molecule has 32 heavy (non-hydrogen) atoms. The molecule has 0 spiro atoms. The Morgan fingerprint density at radius 2 is 1.69 bits per heavy atom. The molecule has 4 rings (SSSR count). The molecule has 0 unspecified atom stereocenters. The highest BCUT2D eigenvalue weighted by Crippen LogP contribution is 2.24. The van der Waals surface area contributed by atoms with Gasteiger partial charge in [-0.2, -0.15) is 0 Å². The molecule has 1 heterocycles. The normalized spacial score (nSPS) is 16.9. The summed E-state index contributed by atoms with van der Waals surface area (Å²) in [5.74, 6) is 0.0538. The summed E-state index contributed by atoms with van der Waals surface area (Å²) in [4.78, 5) is 12.8. The number of hydrogen-bond acceptors (Lipinski definition) is 2. The molecular formula is C27H35IN2O2. The van der Waals surface area contributed by atoms with Gasteiger partial charge in [0, 0.05) is 30.5 Å². The highest BCUT2D eigenvalue weighted by molar-refractivity contribution is 5.98. The molecule has 1 aliphatic carbocycles. The number of amides is 1. The van der Waals surface area contributed by atoms with Gasteiger partial charge >= 0.3 is 0 Å². The van der Waals surface area contributed by atoms with Gasteiger partial charge < -0.3 is 38.5 Å². The maximum atomic E-state index is 12.8. The number of nitrogens with zero attached hydrogens (tertiary/aromatic N) is 1. The summed E-state index contributed by atoms with van der Waals surface area (Å²) in [5, 5.41) is 3.12. The summed E-state index contributed by atoms with van der Waals surface area (Å²) in [6.45, 7) is 3.35. The van der Waals surface area contributed by atoms with E-state index >= 15 is 0 Å². The largest absolute Gasteiger partial charge is 1.00 e. The molecule has 0 radical (unpaired) electrons. The molecule has 0 aromatic heterocycles. The number of fused-ring (bicyclic) bond motifs is 1. The second kappa shape index (κ2) is 11.4. The summed E-state index contributed by atoms with van der Waals surface area (Å²) in [6, 6.07) is 17.8. The van der Waals surface area contributed by atoms with Crippen LogP contribution in [0.15, 0.2) is 54.1 Å². The minimum absolute atomic E-state index is 0. The van der Waals surface area contributed by atoms with Crippen molar-refractivity contribution in [2.75, 3.05) is 27.3 Å². The van der Waals surface area contributed by atoms with Gasteiger partial charge in [-0.1, -0.05) is 48.5 Å². The first-order chi connectivity index (χ1) is 15.0. The predicted molar refractivity (Wildman–Crippen MR) is 125 cm³/mol. The average Bonchev–Trinajstić information content (AvgIpc) is 3.01. The van der Waals surface area contributed by atoms with Gasteiger partial charge in [-0.05, 0) is 42.0 Å². The molecule has 4 nitrogen and oxygen atoms in total. The molecule has 1 saturated heterocycles. The number of hydrogen-bond donors (Lipinski definition) is 1. The molecule has 1 amide bonds. The number of carbonyl (C=O) groups excluding carboxylic acids is 1. The Balaban J connectivity index is 0.00000289. The van der Waals surface area contributed by atoms with Crippen LogP contribution in [0.4, 0.5) is 0 Å². The van der Waals surface area contributed by atoms with Crippen LogP contribution in [0.5, 0.6) is 0 Å². The number of benzene rings is 2. The highest BCUT2D eigenvalue weighted by Gasteiger charge is 2.30. The third-order valence-electron chi connectivity index (χ3n) is 6.81. The number of quaternary nitrogens is 1. The van der Waals surface area contributed by atoms with Gasteiger partial charge in [0.2, 0.25) is 5.91 Å². The first kappa shape index (κ1) is 24.9. The standard InChI is InChI=1S/C27H34N2O2.HI/c1-29(2,26-14-16-31-17-15-26)20-22-12-10-21(11-13-22)19-28-27(30)25-9-5-8-23-6-3-4-7-24(23)18-25;/h3-4,6-7,10-13,18,26H,5,8-9,14-17,19-20H2,1-2H3;1H. The average molecular weight is 546 g/mol. The van der Waals surface area contributed by atoms with Crippen molar-refractivity contribution in [2.45, 2.75) is 51.2 Å². The molecule has 1 aliphatic heterocycles. The van der Waals surface area contributed by atoms with E-state index in [0.29, 0.717) is 12.6 Å². The zero-order valence-corrected chi connectivity index (χ0v) is 21.4. The van der Waals surface area contributed by atoms with E-state index in [4.69, 9.17) is 4.74 Å². The van der Waals surface area contributed by atoms with Crippen LogP contribution in [0, 0.1) is 0 Å². The van der Waals surface area contributed by atoms with Crippen molar-refractivity contribution in [3.8, 4) is 0 Å². The van der Waals surface area contributed by atoms with Crippen LogP contribution in [0.3, 0.4) is 0 Å². The zero-order valence-electron chi connectivity index (χ0n) is 19.3. The molecule has 2 aromatic carbocycles. The van der Waals surface area contributed by atoms with E-state index in [-0.39, 0.29) is 29.9 Å². The summed E-state index contributed by atoms with van der Waals surface area (Å²) < 4.78 is 6.52. The third kappa shape index (κ3) is 6.42. The van der Waals surface area contributed by atoms with Crippen molar-refractivity contribution >= 4 is 12.0 Å². The lowest BCUT2D eigenvalue weighted by molar-refractivity contribution is -0.929. The fourth-order valence-corrected chi connectivity index (χ4v) is 4.85. The lowest BCUT2D eigenvalue weighted by atomic mass is 10.0. The lowest BCUT2D eigenvalue weighted by Crippen LogP contribution is -3.00. The highest BCUT2D eigenvalue weighted by atomic mass is 127.